The number of hydrogen-bond donors (Lipinski definition) is 4. The highest BCUT2D eigenvalue weighted by Crippen LogP contribution is 2.34. The highest BCUT2D eigenvalue weighted by atomic mass is 16.5. The van der Waals surface area contributed by atoms with Gasteiger partial charge in [0.25, 0.3) is 5.91 Å². The van der Waals surface area contributed by atoms with Crippen LogP contribution in [0.4, 0.5) is 4.79 Å². The highest BCUT2D eigenvalue weighted by Gasteiger charge is 2.46. The van der Waals surface area contributed by atoms with Crippen LogP contribution >= 0.6 is 0 Å². The van der Waals surface area contributed by atoms with E-state index in [4.69, 9.17) is 10.5 Å². The number of ketones is 1. The molecule has 12 heteroatoms. The van der Waals surface area contributed by atoms with Gasteiger partial charge < -0.3 is 31.3 Å². The second-order valence-electron chi connectivity index (χ2n) is 14.6. The van der Waals surface area contributed by atoms with Crippen molar-refractivity contribution in [1.82, 2.24) is 20.9 Å². The van der Waals surface area contributed by atoms with Gasteiger partial charge in [-0.2, -0.15) is 0 Å². The molecule has 1 heterocycles. The molecule has 3 aliphatic rings. The Morgan fingerprint density at radius 2 is 1.65 bits per heavy atom. The summed E-state index contributed by atoms with van der Waals surface area (Å²) in [6, 6.07) is 4.62. The number of nitrogens with one attached hydrogen (secondary N) is 3. The minimum atomic E-state index is -1.12. The van der Waals surface area contributed by atoms with Crippen molar-refractivity contribution in [1.29, 1.82) is 0 Å². The summed E-state index contributed by atoms with van der Waals surface area (Å²) in [5.41, 5.74) is 5.31. The van der Waals surface area contributed by atoms with Gasteiger partial charge in [0.1, 0.15) is 24.7 Å². The summed E-state index contributed by atoms with van der Waals surface area (Å²) in [7, 11) is 0. The Hall–Kier alpha value is -4.22. The first-order valence-corrected chi connectivity index (χ1v) is 17.1. The summed E-state index contributed by atoms with van der Waals surface area (Å²) in [6.07, 6.45) is 8.51. The lowest BCUT2D eigenvalue weighted by Crippen LogP contribution is -2.61. The quantitative estimate of drug-likeness (QED) is 0.134. The Kier molecular flexibility index (Phi) is 12.4. The largest absolute Gasteiger partial charge is 0.459 e. The fraction of sp³-hybridized carbons (Fsp3) is 0.611. The van der Waals surface area contributed by atoms with Gasteiger partial charge in [-0.15, -0.1) is 6.58 Å². The Bertz CT molecular complexity index is 1350. The van der Waals surface area contributed by atoms with Crippen molar-refractivity contribution < 1.29 is 33.5 Å². The molecule has 4 rings (SSSR count). The zero-order valence-electron chi connectivity index (χ0n) is 28.4. The van der Waals surface area contributed by atoms with Crippen LogP contribution in [-0.2, 0) is 35.3 Å². The first-order valence-electron chi connectivity index (χ1n) is 17.1. The van der Waals surface area contributed by atoms with Crippen molar-refractivity contribution in [3.05, 3.63) is 48.6 Å². The van der Waals surface area contributed by atoms with E-state index in [0.717, 1.165) is 50.5 Å². The lowest BCUT2D eigenvalue weighted by molar-refractivity contribution is -0.149. The maximum absolute atomic E-state index is 14.2. The maximum atomic E-state index is 14.2. The average Bonchev–Trinajstić information content (AvgIpc) is 3.78. The number of carbonyl (C=O) groups excluding carboxylic acids is 6. The Morgan fingerprint density at radius 1 is 0.979 bits per heavy atom. The molecule has 5 N–H and O–H groups in total. The normalized spacial score (nSPS) is 21.7. The van der Waals surface area contributed by atoms with Crippen molar-refractivity contribution in [2.75, 3.05) is 6.54 Å². The van der Waals surface area contributed by atoms with E-state index in [1.165, 1.54) is 4.90 Å². The summed E-state index contributed by atoms with van der Waals surface area (Å²) in [5.74, 6) is -3.66. The first kappa shape index (κ1) is 36.6. The molecule has 0 radical (unpaired) electrons. The van der Waals surface area contributed by atoms with Crippen molar-refractivity contribution in [3.8, 4) is 0 Å². The van der Waals surface area contributed by atoms with E-state index in [-0.39, 0.29) is 37.3 Å². The molecule has 1 aliphatic heterocycles. The third kappa shape index (κ3) is 9.90. The predicted molar refractivity (Wildman–Crippen MR) is 179 cm³/mol. The molecule has 0 bridgehead atoms. The number of ether oxygens (including phenoxy) is 1. The zero-order valence-corrected chi connectivity index (χ0v) is 28.4. The number of rotatable bonds is 14. The summed E-state index contributed by atoms with van der Waals surface area (Å²) in [6.45, 7) is 9.51. The van der Waals surface area contributed by atoms with E-state index in [1.807, 2.05) is 30.3 Å². The molecule has 262 valence electrons. The van der Waals surface area contributed by atoms with E-state index in [1.54, 1.807) is 26.8 Å². The molecule has 0 spiro atoms. The van der Waals surface area contributed by atoms with Crippen LogP contribution in [0.5, 0.6) is 0 Å². The number of carbonyl (C=O) groups is 6. The fourth-order valence-corrected chi connectivity index (χ4v) is 6.67. The third-order valence-electron chi connectivity index (χ3n) is 9.67. The monoisotopic (exact) mass is 665 g/mol. The number of nitrogens with two attached hydrogens (primary N) is 1. The number of primary amides is 1. The third-order valence-corrected chi connectivity index (χ3v) is 9.67. The molecule has 12 nitrogen and oxygen atoms in total. The predicted octanol–water partition coefficient (Wildman–Crippen LogP) is 3.14. The van der Waals surface area contributed by atoms with Gasteiger partial charge in [0.05, 0.1) is 6.04 Å². The van der Waals surface area contributed by atoms with Gasteiger partial charge in [-0.3, -0.25) is 19.2 Å². The SMILES string of the molecule is C=C[C@@H]1C[C@@H](C(=O)NC(CC2CC2)C(=O)C(N)=O)N(C(=O)[C@@H](NC(=O)N[C@H](C(=O)OCc2ccccc2)C2CCCCC2)C(C)(C)C)C1. The smallest absolute Gasteiger partial charge is 0.329 e. The van der Waals surface area contributed by atoms with Crippen molar-refractivity contribution in [2.24, 2.45) is 28.9 Å². The van der Waals surface area contributed by atoms with Gasteiger partial charge >= 0.3 is 12.0 Å². The number of urea groups is 1. The number of amides is 5. The summed E-state index contributed by atoms with van der Waals surface area (Å²) in [4.78, 5) is 80.5. The van der Waals surface area contributed by atoms with E-state index in [2.05, 4.69) is 22.5 Å². The maximum Gasteiger partial charge on any atom is 0.329 e. The molecule has 3 fully saturated rings. The number of likely N-dealkylation sites (tertiary alicyclic amines) is 1. The molecule has 0 aromatic heterocycles. The Labute approximate surface area is 283 Å². The zero-order chi connectivity index (χ0) is 35.0. The van der Waals surface area contributed by atoms with Crippen LogP contribution in [0.3, 0.4) is 0 Å². The molecule has 48 heavy (non-hydrogen) atoms. The van der Waals surface area contributed by atoms with Gasteiger partial charge in [-0.25, -0.2) is 9.59 Å². The molecule has 5 atom stereocenters. The van der Waals surface area contributed by atoms with Crippen molar-refractivity contribution in [2.45, 2.75) is 109 Å². The van der Waals surface area contributed by atoms with Crippen molar-refractivity contribution >= 4 is 35.5 Å². The number of benzene rings is 1. The van der Waals surface area contributed by atoms with Gasteiger partial charge in [-0.1, -0.05) is 89.3 Å². The Morgan fingerprint density at radius 3 is 2.23 bits per heavy atom. The van der Waals surface area contributed by atoms with Gasteiger partial charge in [0, 0.05) is 6.54 Å². The van der Waals surface area contributed by atoms with E-state index in [9.17, 15) is 28.8 Å². The topological polar surface area (TPSA) is 177 Å². The molecular weight excluding hydrogens is 614 g/mol. The van der Waals surface area contributed by atoms with E-state index < -0.39 is 65.1 Å². The molecule has 1 saturated heterocycles. The molecule has 1 aromatic carbocycles. The van der Waals surface area contributed by atoms with Gasteiger partial charge in [0.2, 0.25) is 17.6 Å². The Balaban J connectivity index is 1.49. The molecular formula is C36H51N5O7. The number of nitrogens with zero attached hydrogens (tertiary/aromatic N) is 1. The van der Waals surface area contributed by atoms with E-state index in [0.29, 0.717) is 6.42 Å². The van der Waals surface area contributed by atoms with Crippen LogP contribution in [0, 0.1) is 23.2 Å². The molecule has 2 saturated carbocycles. The van der Waals surface area contributed by atoms with E-state index >= 15 is 0 Å². The van der Waals surface area contributed by atoms with Crippen LogP contribution < -0.4 is 21.7 Å². The minimum absolute atomic E-state index is 0.0741. The molecule has 2 aliphatic carbocycles. The minimum Gasteiger partial charge on any atom is -0.459 e. The number of Topliss-reactive ketones (excluding diaryl/α,β-unsaturated/α-hetero) is 1. The summed E-state index contributed by atoms with van der Waals surface area (Å²) >= 11 is 0. The fourth-order valence-electron chi connectivity index (χ4n) is 6.67. The average molecular weight is 666 g/mol. The summed E-state index contributed by atoms with van der Waals surface area (Å²) in [5, 5.41) is 8.33. The first-order chi connectivity index (χ1) is 22.8. The summed E-state index contributed by atoms with van der Waals surface area (Å²) < 4.78 is 5.64. The van der Waals surface area contributed by atoms with Crippen LogP contribution in [0.15, 0.2) is 43.0 Å². The lowest BCUT2D eigenvalue weighted by atomic mass is 9.83. The number of esters is 1. The second-order valence-corrected chi connectivity index (χ2v) is 14.6. The van der Waals surface area contributed by atoms with Crippen LogP contribution in [-0.4, -0.2) is 71.1 Å². The lowest BCUT2D eigenvalue weighted by Gasteiger charge is -2.36. The van der Waals surface area contributed by atoms with Crippen LogP contribution in [0.2, 0.25) is 0 Å². The molecule has 1 aromatic rings. The highest BCUT2D eigenvalue weighted by molar-refractivity contribution is 6.37. The molecule has 5 amide bonds. The van der Waals surface area contributed by atoms with Gasteiger partial charge in [0.15, 0.2) is 0 Å². The van der Waals surface area contributed by atoms with Gasteiger partial charge in [-0.05, 0) is 54.4 Å². The standard InChI is InChI=1S/C36H51N5O7/c1-5-22-19-27(32(44)38-26(18-23-16-17-23)29(42)31(37)43)41(20-22)33(45)30(36(2,3)4)40-35(47)39-28(25-14-10-7-11-15-25)34(46)48-21-24-12-8-6-9-13-24/h5-6,8-9,12-13,22-23,25-28,30H,1,7,10-11,14-21H2,2-4H3,(H2,37,43)(H,38,44)(H2,39,40,47)/t22-,26?,27+,28+,30-/m1/s1. The van der Waals surface area contributed by atoms with Crippen LogP contribution in [0.25, 0.3) is 0 Å². The van der Waals surface area contributed by atoms with Crippen molar-refractivity contribution in [3.63, 3.8) is 0 Å². The second kappa shape index (κ2) is 16.3. The van der Waals surface area contributed by atoms with Crippen LogP contribution in [0.1, 0.15) is 84.1 Å². The number of hydrogen-bond acceptors (Lipinski definition) is 7. The molecule has 1 unspecified atom stereocenters.